The first-order valence-electron chi connectivity index (χ1n) is 7.41. The molecule has 0 amide bonds. The van der Waals surface area contributed by atoms with Crippen molar-refractivity contribution in [2.75, 3.05) is 78.9 Å². The summed E-state index contributed by atoms with van der Waals surface area (Å²) in [5.74, 6) is 0. The standard InChI is InChI=1S/2C6H15NO3.CH2O3.2Na/c2*8-4-1-7(2-5-9)3-6-10;2-1(3)4;;/h2*8-10H,1-6H2;(H2,2,3,4);;/q;;;2*+1/p-2. The molecule has 0 aromatic rings. The molecule has 0 heterocycles. The van der Waals surface area contributed by atoms with Gasteiger partial charge in [-0.15, -0.1) is 0 Å². The zero-order valence-electron chi connectivity index (χ0n) is 15.8. The molecule has 0 aromatic carbocycles. The van der Waals surface area contributed by atoms with Gasteiger partial charge in [-0.3, -0.25) is 9.80 Å². The summed E-state index contributed by atoms with van der Waals surface area (Å²) >= 11 is 0. The maximum absolute atomic E-state index is 8.48. The van der Waals surface area contributed by atoms with E-state index < -0.39 is 6.16 Å². The maximum Gasteiger partial charge on any atom is 1.00 e. The van der Waals surface area contributed by atoms with Gasteiger partial charge in [-0.2, -0.15) is 0 Å². The second kappa shape index (κ2) is 33.5. The van der Waals surface area contributed by atoms with E-state index in [0.29, 0.717) is 39.3 Å². The van der Waals surface area contributed by atoms with E-state index in [1.807, 2.05) is 0 Å². The van der Waals surface area contributed by atoms with Crippen molar-refractivity contribution >= 4 is 6.16 Å². The molecule has 0 saturated carbocycles. The minimum Gasteiger partial charge on any atom is -0.652 e. The minimum absolute atomic E-state index is 0. The van der Waals surface area contributed by atoms with Crippen LogP contribution >= 0.6 is 0 Å². The van der Waals surface area contributed by atoms with E-state index in [-0.39, 0.29) is 98.8 Å². The van der Waals surface area contributed by atoms with Crippen LogP contribution in [0.15, 0.2) is 0 Å². The van der Waals surface area contributed by atoms with E-state index in [1.165, 1.54) is 0 Å². The van der Waals surface area contributed by atoms with Crippen molar-refractivity contribution in [2.45, 2.75) is 0 Å². The quantitative estimate of drug-likeness (QED) is 0.169. The Labute approximate surface area is 198 Å². The van der Waals surface area contributed by atoms with Crippen LogP contribution < -0.4 is 69.3 Å². The monoisotopic (exact) mass is 404 g/mol. The minimum atomic E-state index is -2.33. The third-order valence-electron chi connectivity index (χ3n) is 2.50. The fourth-order valence-electron chi connectivity index (χ4n) is 1.52. The number of aliphatic hydroxyl groups is 6. The van der Waals surface area contributed by atoms with Crippen LogP contribution in [-0.2, 0) is 0 Å². The summed E-state index contributed by atoms with van der Waals surface area (Å²) in [5.41, 5.74) is 0. The Hall–Kier alpha value is 0.950. The van der Waals surface area contributed by atoms with Gasteiger partial charge in [0.25, 0.3) is 0 Å². The second-order valence-electron chi connectivity index (χ2n) is 4.27. The molecule has 0 bridgehead atoms. The molecule has 0 spiro atoms. The summed E-state index contributed by atoms with van der Waals surface area (Å²) in [4.78, 5) is 11.9. The molecule has 13 heteroatoms. The molecular formula is C13H30N2Na2O9. The molecule has 0 atom stereocenters. The van der Waals surface area contributed by atoms with Gasteiger partial charge in [0.2, 0.25) is 0 Å². The van der Waals surface area contributed by atoms with Crippen LogP contribution in [0.2, 0.25) is 0 Å². The molecule has 0 fully saturated rings. The number of aliphatic hydroxyl groups excluding tert-OH is 6. The molecule has 11 nitrogen and oxygen atoms in total. The van der Waals surface area contributed by atoms with E-state index in [2.05, 4.69) is 0 Å². The van der Waals surface area contributed by atoms with Crippen LogP contribution in [0, 0.1) is 0 Å². The molecule has 0 aliphatic rings. The number of hydrogen-bond donors (Lipinski definition) is 6. The Balaban J connectivity index is -0.0000000883. The van der Waals surface area contributed by atoms with Crippen molar-refractivity contribution in [3.05, 3.63) is 0 Å². The first-order chi connectivity index (χ1) is 11.4. The van der Waals surface area contributed by atoms with Crippen molar-refractivity contribution in [1.82, 2.24) is 9.80 Å². The van der Waals surface area contributed by atoms with Crippen molar-refractivity contribution < 1.29 is 105 Å². The van der Waals surface area contributed by atoms with Gasteiger partial charge in [0.1, 0.15) is 0 Å². The molecule has 0 rings (SSSR count). The summed E-state index contributed by atoms with van der Waals surface area (Å²) < 4.78 is 0. The van der Waals surface area contributed by atoms with Crippen LogP contribution in [0.25, 0.3) is 0 Å². The zero-order valence-corrected chi connectivity index (χ0v) is 19.8. The molecule has 6 N–H and O–H groups in total. The van der Waals surface area contributed by atoms with Crippen molar-refractivity contribution in [3.8, 4) is 0 Å². The van der Waals surface area contributed by atoms with Crippen molar-refractivity contribution in [2.24, 2.45) is 0 Å². The number of carbonyl (C=O) groups excluding carboxylic acids is 1. The normalized spacial score (nSPS) is 9.23. The fraction of sp³-hybridized carbons (Fsp3) is 0.923. The van der Waals surface area contributed by atoms with Crippen LogP contribution in [-0.4, -0.2) is 126 Å². The molecule has 0 aliphatic carbocycles. The average Bonchev–Trinajstić information content (AvgIpc) is 2.49. The molecule has 0 radical (unpaired) electrons. The Morgan fingerprint density at radius 1 is 0.538 bits per heavy atom. The molecule has 0 aromatic heterocycles. The third-order valence-corrected chi connectivity index (χ3v) is 2.50. The topological polar surface area (TPSA) is 191 Å². The van der Waals surface area contributed by atoms with E-state index in [1.54, 1.807) is 9.80 Å². The van der Waals surface area contributed by atoms with Gasteiger partial charge in [0.05, 0.1) is 39.6 Å². The van der Waals surface area contributed by atoms with Gasteiger partial charge in [-0.05, 0) is 6.16 Å². The Morgan fingerprint density at radius 3 is 0.731 bits per heavy atom. The molecule has 0 aliphatic heterocycles. The van der Waals surface area contributed by atoms with Crippen LogP contribution in [0.1, 0.15) is 0 Å². The maximum atomic E-state index is 8.48. The van der Waals surface area contributed by atoms with Gasteiger partial charge in [0, 0.05) is 39.3 Å². The van der Waals surface area contributed by atoms with E-state index in [0.717, 1.165) is 0 Å². The van der Waals surface area contributed by atoms with Crippen molar-refractivity contribution in [3.63, 3.8) is 0 Å². The van der Waals surface area contributed by atoms with Gasteiger partial charge in [0.15, 0.2) is 0 Å². The number of hydrogen-bond acceptors (Lipinski definition) is 11. The van der Waals surface area contributed by atoms with E-state index >= 15 is 0 Å². The number of carboxylic acid groups (broad SMARTS) is 2. The summed E-state index contributed by atoms with van der Waals surface area (Å²) in [6, 6.07) is 0. The smallest absolute Gasteiger partial charge is 0.652 e. The molecule has 26 heavy (non-hydrogen) atoms. The summed E-state index contributed by atoms with van der Waals surface area (Å²) in [6.07, 6.45) is -2.33. The first-order valence-corrected chi connectivity index (χ1v) is 7.41. The Kier molecular flexibility index (Phi) is 48.6. The van der Waals surface area contributed by atoms with Crippen LogP contribution in [0.3, 0.4) is 0 Å². The van der Waals surface area contributed by atoms with Gasteiger partial charge >= 0.3 is 59.1 Å². The van der Waals surface area contributed by atoms with Gasteiger partial charge < -0.3 is 45.6 Å². The first kappa shape index (κ1) is 37.7. The zero-order chi connectivity index (χ0) is 19.2. The van der Waals surface area contributed by atoms with Crippen LogP contribution in [0.5, 0.6) is 0 Å². The number of carbonyl (C=O) groups is 1. The largest absolute Gasteiger partial charge is 1.00 e. The number of rotatable bonds is 12. The summed E-state index contributed by atoms with van der Waals surface area (Å²) in [7, 11) is 0. The third kappa shape index (κ3) is 39.9. The van der Waals surface area contributed by atoms with Gasteiger partial charge in [-0.25, -0.2) is 0 Å². The fourth-order valence-corrected chi connectivity index (χ4v) is 1.52. The SMILES string of the molecule is O=C([O-])[O-].OCCN(CCO)CCO.OCCN(CCO)CCO.[Na+].[Na+]. The van der Waals surface area contributed by atoms with Crippen LogP contribution in [0.4, 0.5) is 4.79 Å². The summed E-state index contributed by atoms with van der Waals surface area (Å²) in [5, 5.41) is 67.6. The molecule has 148 valence electrons. The molecule has 0 unspecified atom stereocenters. The number of nitrogens with zero attached hydrogens (tertiary/aromatic N) is 2. The van der Waals surface area contributed by atoms with E-state index in [4.69, 9.17) is 45.6 Å². The predicted molar refractivity (Wildman–Crippen MR) is 80.8 cm³/mol. The van der Waals surface area contributed by atoms with Gasteiger partial charge in [-0.1, -0.05) is 0 Å². The van der Waals surface area contributed by atoms with Crippen molar-refractivity contribution in [1.29, 1.82) is 0 Å². The second-order valence-corrected chi connectivity index (χ2v) is 4.27. The molecular weight excluding hydrogens is 374 g/mol. The summed E-state index contributed by atoms with van der Waals surface area (Å²) in [6.45, 7) is 3.51. The molecule has 0 saturated heterocycles. The Morgan fingerprint density at radius 2 is 0.654 bits per heavy atom. The average molecular weight is 404 g/mol. The van der Waals surface area contributed by atoms with E-state index in [9.17, 15) is 0 Å². The predicted octanol–water partition coefficient (Wildman–Crippen LogP) is -11.9. The Bertz CT molecular complexity index is 207.